The molecule has 2 N–H and O–H groups in total. The summed E-state index contributed by atoms with van der Waals surface area (Å²) in [5, 5.41) is 6.50. The molecule has 1 amide bonds. The zero-order valence-corrected chi connectivity index (χ0v) is 13.6. The van der Waals surface area contributed by atoms with Crippen molar-refractivity contribution in [3.05, 3.63) is 30.1 Å². The molecule has 3 unspecified atom stereocenters. The smallest absolute Gasteiger partial charge is 0.220 e. The molecule has 5 heteroatoms. The molecule has 2 saturated heterocycles. The summed E-state index contributed by atoms with van der Waals surface area (Å²) in [6.45, 7) is 2.22. The number of piperidine rings is 1. The fourth-order valence-electron chi connectivity index (χ4n) is 3.73. The second-order valence-electron chi connectivity index (χ2n) is 6.84. The van der Waals surface area contributed by atoms with Gasteiger partial charge < -0.3 is 15.4 Å². The maximum Gasteiger partial charge on any atom is 0.220 e. The Morgan fingerprint density at radius 2 is 2.04 bits per heavy atom. The molecule has 0 aromatic heterocycles. The first-order valence-electron chi connectivity index (χ1n) is 8.54. The summed E-state index contributed by atoms with van der Waals surface area (Å²) in [6.07, 6.45) is 5.02. The van der Waals surface area contributed by atoms with Gasteiger partial charge in [-0.2, -0.15) is 0 Å². The van der Waals surface area contributed by atoms with Crippen LogP contribution in [-0.2, 0) is 4.79 Å². The average molecular weight is 320 g/mol. The van der Waals surface area contributed by atoms with E-state index in [-0.39, 0.29) is 23.6 Å². The van der Waals surface area contributed by atoms with E-state index in [0.717, 1.165) is 12.8 Å². The van der Waals surface area contributed by atoms with Crippen LogP contribution in [0, 0.1) is 11.7 Å². The van der Waals surface area contributed by atoms with Gasteiger partial charge in [0, 0.05) is 18.5 Å². The zero-order chi connectivity index (χ0) is 16.2. The number of para-hydroxylation sites is 1. The van der Waals surface area contributed by atoms with Crippen LogP contribution in [0.1, 0.15) is 39.0 Å². The maximum absolute atomic E-state index is 13.5. The number of benzene rings is 1. The van der Waals surface area contributed by atoms with Gasteiger partial charge in [-0.05, 0) is 50.7 Å². The van der Waals surface area contributed by atoms with Gasteiger partial charge in [0.05, 0.1) is 6.54 Å². The van der Waals surface area contributed by atoms with Gasteiger partial charge in [0.2, 0.25) is 5.91 Å². The first-order chi connectivity index (χ1) is 11.1. The summed E-state index contributed by atoms with van der Waals surface area (Å²) in [7, 11) is 0. The Balaban J connectivity index is 1.39. The molecule has 126 valence electrons. The van der Waals surface area contributed by atoms with Gasteiger partial charge in [-0.25, -0.2) is 4.39 Å². The number of amides is 1. The number of hydrogen-bond acceptors (Lipinski definition) is 3. The molecule has 2 aliphatic heterocycles. The lowest BCUT2D eigenvalue weighted by molar-refractivity contribution is -0.122. The predicted octanol–water partition coefficient (Wildman–Crippen LogP) is 2.63. The van der Waals surface area contributed by atoms with Crippen LogP contribution >= 0.6 is 0 Å². The van der Waals surface area contributed by atoms with Crippen molar-refractivity contribution in [3.63, 3.8) is 0 Å². The highest BCUT2D eigenvalue weighted by Crippen LogP contribution is 2.32. The molecular weight excluding hydrogens is 295 g/mol. The number of hydrogen-bond donors (Lipinski definition) is 2. The predicted molar refractivity (Wildman–Crippen MR) is 86.8 cm³/mol. The first kappa shape index (κ1) is 16.2. The molecule has 3 rings (SSSR count). The van der Waals surface area contributed by atoms with Crippen LogP contribution in [0.15, 0.2) is 24.3 Å². The minimum Gasteiger partial charge on any atom is -0.486 e. The van der Waals surface area contributed by atoms with Crippen molar-refractivity contribution in [2.24, 2.45) is 5.92 Å². The average Bonchev–Trinajstić information content (AvgIpc) is 2.86. The molecule has 2 aliphatic rings. The number of carbonyl (C=O) groups is 1. The molecule has 1 aromatic carbocycles. The van der Waals surface area contributed by atoms with E-state index in [2.05, 4.69) is 10.6 Å². The largest absolute Gasteiger partial charge is 0.486 e. The maximum atomic E-state index is 13.5. The monoisotopic (exact) mass is 320 g/mol. The summed E-state index contributed by atoms with van der Waals surface area (Å²) in [5.41, 5.74) is 0. The fourth-order valence-corrected chi connectivity index (χ4v) is 3.73. The SMILES string of the molecule is CC(CNC(=O)CC1CC2CCC(C1)N2)Oc1ccccc1F. The molecule has 0 aliphatic carbocycles. The molecular formula is C18H25FN2O2. The minimum absolute atomic E-state index is 0.0697. The van der Waals surface area contributed by atoms with Crippen LogP contribution in [0.25, 0.3) is 0 Å². The van der Waals surface area contributed by atoms with Gasteiger partial charge in [0.1, 0.15) is 6.10 Å². The topological polar surface area (TPSA) is 50.4 Å². The van der Waals surface area contributed by atoms with Crippen molar-refractivity contribution in [2.45, 2.75) is 57.2 Å². The molecule has 2 fully saturated rings. The van der Waals surface area contributed by atoms with Gasteiger partial charge in [-0.1, -0.05) is 12.1 Å². The number of rotatable bonds is 6. The number of fused-ring (bicyclic) bond motifs is 2. The Morgan fingerprint density at radius 1 is 1.35 bits per heavy atom. The van der Waals surface area contributed by atoms with Crippen LogP contribution < -0.4 is 15.4 Å². The lowest BCUT2D eigenvalue weighted by Crippen LogP contribution is -2.40. The summed E-state index contributed by atoms with van der Waals surface area (Å²) in [6, 6.07) is 7.53. The summed E-state index contributed by atoms with van der Waals surface area (Å²) in [4.78, 5) is 12.1. The number of nitrogens with one attached hydrogen (secondary N) is 2. The quantitative estimate of drug-likeness (QED) is 0.847. The van der Waals surface area contributed by atoms with Gasteiger partial charge in [0.15, 0.2) is 11.6 Å². The number of halogens is 1. The Morgan fingerprint density at radius 3 is 2.74 bits per heavy atom. The Hall–Kier alpha value is -1.62. The van der Waals surface area contributed by atoms with Crippen molar-refractivity contribution in [2.75, 3.05) is 6.54 Å². The first-order valence-corrected chi connectivity index (χ1v) is 8.54. The van der Waals surface area contributed by atoms with Gasteiger partial charge in [-0.3, -0.25) is 4.79 Å². The third-order valence-electron chi connectivity index (χ3n) is 4.80. The molecule has 0 radical (unpaired) electrons. The van der Waals surface area contributed by atoms with Crippen LogP contribution in [0.4, 0.5) is 4.39 Å². The Kier molecular flexibility index (Phi) is 5.16. The van der Waals surface area contributed by atoms with Crippen LogP contribution in [-0.4, -0.2) is 30.6 Å². The van der Waals surface area contributed by atoms with E-state index in [1.807, 2.05) is 6.92 Å². The van der Waals surface area contributed by atoms with Crippen LogP contribution in [0.2, 0.25) is 0 Å². The normalized spacial score (nSPS) is 27.5. The molecule has 0 spiro atoms. The minimum atomic E-state index is -0.379. The van der Waals surface area contributed by atoms with E-state index in [1.54, 1.807) is 18.2 Å². The lowest BCUT2D eigenvalue weighted by Gasteiger charge is -2.28. The second-order valence-corrected chi connectivity index (χ2v) is 6.84. The zero-order valence-electron chi connectivity index (χ0n) is 13.6. The molecule has 2 heterocycles. The number of ether oxygens (including phenoxy) is 1. The Bertz CT molecular complexity index is 540. The molecule has 0 saturated carbocycles. The number of carbonyl (C=O) groups excluding carboxylic acids is 1. The molecule has 23 heavy (non-hydrogen) atoms. The highest BCUT2D eigenvalue weighted by molar-refractivity contribution is 5.76. The van der Waals surface area contributed by atoms with Crippen LogP contribution in [0.3, 0.4) is 0 Å². The molecule has 2 bridgehead atoms. The highest BCUT2D eigenvalue weighted by atomic mass is 19.1. The van der Waals surface area contributed by atoms with E-state index in [0.29, 0.717) is 31.0 Å². The van der Waals surface area contributed by atoms with Gasteiger partial charge in [-0.15, -0.1) is 0 Å². The summed E-state index contributed by atoms with van der Waals surface area (Å²) in [5.74, 6) is 0.400. The van der Waals surface area contributed by atoms with Crippen molar-refractivity contribution in [1.29, 1.82) is 0 Å². The third kappa shape index (κ3) is 4.44. The van der Waals surface area contributed by atoms with Crippen LogP contribution in [0.5, 0.6) is 5.75 Å². The van der Waals surface area contributed by atoms with E-state index >= 15 is 0 Å². The van der Waals surface area contributed by atoms with Crippen molar-refractivity contribution >= 4 is 5.91 Å². The fraction of sp³-hybridized carbons (Fsp3) is 0.611. The van der Waals surface area contributed by atoms with Gasteiger partial charge >= 0.3 is 0 Å². The van der Waals surface area contributed by atoms with Crippen molar-refractivity contribution < 1.29 is 13.9 Å². The Labute approximate surface area is 136 Å². The molecule has 3 atom stereocenters. The highest BCUT2D eigenvalue weighted by Gasteiger charge is 2.34. The van der Waals surface area contributed by atoms with E-state index in [1.165, 1.54) is 18.9 Å². The van der Waals surface area contributed by atoms with E-state index in [4.69, 9.17) is 4.74 Å². The molecule has 1 aromatic rings. The summed E-state index contributed by atoms with van der Waals surface area (Å²) < 4.78 is 19.0. The van der Waals surface area contributed by atoms with Crippen molar-refractivity contribution in [1.82, 2.24) is 10.6 Å². The van der Waals surface area contributed by atoms with E-state index in [9.17, 15) is 9.18 Å². The van der Waals surface area contributed by atoms with Gasteiger partial charge in [0.25, 0.3) is 0 Å². The van der Waals surface area contributed by atoms with Crippen molar-refractivity contribution in [3.8, 4) is 5.75 Å². The third-order valence-corrected chi connectivity index (χ3v) is 4.80. The van der Waals surface area contributed by atoms with E-state index < -0.39 is 0 Å². The lowest BCUT2D eigenvalue weighted by atomic mass is 9.89. The standard InChI is InChI=1S/C18H25FN2O2/c1-12(23-17-5-3-2-4-16(17)19)11-20-18(22)10-13-8-14-6-7-15(9-13)21-14/h2-5,12-15,21H,6-11H2,1H3,(H,20,22). The second kappa shape index (κ2) is 7.30. The summed E-state index contributed by atoms with van der Waals surface area (Å²) >= 11 is 0. The molecule has 4 nitrogen and oxygen atoms in total.